The van der Waals surface area contributed by atoms with E-state index in [-0.39, 0.29) is 11.3 Å². The monoisotopic (exact) mass is 278 g/mol. The van der Waals surface area contributed by atoms with E-state index in [0.29, 0.717) is 11.6 Å². The molecule has 2 aliphatic rings. The smallest absolute Gasteiger partial charge is 0.255 e. The van der Waals surface area contributed by atoms with Gasteiger partial charge in [-0.3, -0.25) is 4.79 Å². The molecule has 0 aromatic heterocycles. The van der Waals surface area contributed by atoms with Crippen LogP contribution in [0, 0.1) is 0 Å². The van der Waals surface area contributed by atoms with E-state index in [1.807, 2.05) is 36.4 Å². The zero-order valence-electron chi connectivity index (χ0n) is 11.8. The Bertz CT molecular complexity index is 710. The Morgan fingerprint density at radius 3 is 2.67 bits per heavy atom. The van der Waals surface area contributed by atoms with E-state index >= 15 is 0 Å². The molecule has 2 aromatic carbocycles. The van der Waals surface area contributed by atoms with Crippen molar-refractivity contribution in [3.63, 3.8) is 0 Å². The van der Waals surface area contributed by atoms with Gasteiger partial charge >= 0.3 is 0 Å². The predicted octanol–water partition coefficient (Wildman–Crippen LogP) is 2.85. The zero-order valence-corrected chi connectivity index (χ0v) is 11.8. The number of nitrogens with two attached hydrogens (primary N) is 1. The maximum Gasteiger partial charge on any atom is 0.255 e. The normalized spacial score (nSPS) is 25.7. The predicted molar refractivity (Wildman–Crippen MR) is 83.4 cm³/mol. The summed E-state index contributed by atoms with van der Waals surface area (Å²) in [5.41, 5.74) is 10.6. The van der Waals surface area contributed by atoms with Crippen LogP contribution >= 0.6 is 0 Å². The van der Waals surface area contributed by atoms with Gasteiger partial charge in [-0.05, 0) is 54.7 Å². The van der Waals surface area contributed by atoms with Gasteiger partial charge in [0.15, 0.2) is 0 Å². The third-order valence-electron chi connectivity index (χ3n) is 4.91. The average Bonchev–Trinajstić information content (AvgIpc) is 3.02. The van der Waals surface area contributed by atoms with E-state index in [1.165, 1.54) is 11.1 Å². The molecule has 2 atom stereocenters. The van der Waals surface area contributed by atoms with Gasteiger partial charge in [0.2, 0.25) is 0 Å². The van der Waals surface area contributed by atoms with Crippen LogP contribution in [0.3, 0.4) is 0 Å². The largest absolute Gasteiger partial charge is 0.327 e. The molecule has 2 aliphatic carbocycles. The van der Waals surface area contributed by atoms with Crippen LogP contribution < -0.4 is 11.1 Å². The number of hydrogen-bond acceptors (Lipinski definition) is 2. The molecular weight excluding hydrogens is 260 g/mol. The van der Waals surface area contributed by atoms with Gasteiger partial charge in [-0.1, -0.05) is 24.3 Å². The first-order valence-corrected chi connectivity index (χ1v) is 7.44. The number of hydrogen-bond donors (Lipinski definition) is 2. The number of carbonyl (C=O) groups is 1. The minimum absolute atomic E-state index is 0.0635. The molecule has 3 heteroatoms. The van der Waals surface area contributed by atoms with Crippen molar-refractivity contribution in [1.82, 2.24) is 0 Å². The van der Waals surface area contributed by atoms with Crippen molar-refractivity contribution < 1.29 is 4.79 Å². The van der Waals surface area contributed by atoms with Gasteiger partial charge in [0.25, 0.3) is 5.91 Å². The fourth-order valence-electron chi connectivity index (χ4n) is 3.58. The van der Waals surface area contributed by atoms with Crippen LogP contribution in [0.15, 0.2) is 48.5 Å². The summed E-state index contributed by atoms with van der Waals surface area (Å²) in [5.74, 6) is -0.0635. The van der Waals surface area contributed by atoms with Crippen molar-refractivity contribution in [3.8, 4) is 0 Å². The lowest BCUT2D eigenvalue weighted by Gasteiger charge is -2.11. The summed E-state index contributed by atoms with van der Waals surface area (Å²) in [6, 6.07) is 15.9. The molecule has 3 nitrogen and oxygen atoms in total. The van der Waals surface area contributed by atoms with E-state index in [1.54, 1.807) is 0 Å². The molecule has 0 radical (unpaired) electrons. The summed E-state index contributed by atoms with van der Waals surface area (Å²) in [7, 11) is 0. The molecule has 0 saturated heterocycles. The Hall–Kier alpha value is -2.13. The molecule has 1 saturated carbocycles. The van der Waals surface area contributed by atoms with Crippen LogP contribution in [-0.2, 0) is 11.8 Å². The average molecular weight is 278 g/mol. The second-order valence-corrected chi connectivity index (χ2v) is 6.16. The van der Waals surface area contributed by atoms with E-state index in [2.05, 4.69) is 17.4 Å². The SMILES string of the molecule is N[C@H]1C[C@]12CCc1cc(NC(=O)c3ccccc3)ccc12. The Morgan fingerprint density at radius 2 is 1.95 bits per heavy atom. The molecule has 1 amide bonds. The number of fused-ring (bicyclic) bond motifs is 2. The number of anilines is 1. The molecule has 0 unspecified atom stereocenters. The molecule has 3 N–H and O–H groups in total. The maximum absolute atomic E-state index is 12.2. The van der Waals surface area contributed by atoms with Crippen molar-refractivity contribution in [2.45, 2.75) is 30.7 Å². The van der Waals surface area contributed by atoms with E-state index < -0.39 is 0 Å². The quantitative estimate of drug-likeness (QED) is 0.887. The van der Waals surface area contributed by atoms with Crippen molar-refractivity contribution in [2.75, 3.05) is 5.32 Å². The van der Waals surface area contributed by atoms with Gasteiger partial charge in [-0.15, -0.1) is 0 Å². The highest BCUT2D eigenvalue weighted by atomic mass is 16.1. The van der Waals surface area contributed by atoms with Crippen LogP contribution in [0.5, 0.6) is 0 Å². The van der Waals surface area contributed by atoms with Gasteiger partial charge in [0, 0.05) is 22.7 Å². The van der Waals surface area contributed by atoms with E-state index in [4.69, 9.17) is 5.73 Å². The molecular formula is C18H18N2O. The fourth-order valence-corrected chi connectivity index (χ4v) is 3.58. The first-order valence-electron chi connectivity index (χ1n) is 7.44. The molecule has 2 aromatic rings. The summed E-state index contributed by atoms with van der Waals surface area (Å²) in [6.45, 7) is 0. The molecule has 0 bridgehead atoms. The number of aryl methyl sites for hydroxylation is 1. The van der Waals surface area contributed by atoms with Crippen LogP contribution in [0.4, 0.5) is 5.69 Å². The van der Waals surface area contributed by atoms with E-state index in [9.17, 15) is 4.79 Å². The fraction of sp³-hybridized carbons (Fsp3) is 0.278. The highest BCUT2D eigenvalue weighted by Crippen LogP contribution is 2.55. The van der Waals surface area contributed by atoms with Crippen molar-refractivity contribution in [2.24, 2.45) is 5.73 Å². The molecule has 21 heavy (non-hydrogen) atoms. The first-order chi connectivity index (χ1) is 10.2. The Balaban J connectivity index is 1.57. The Morgan fingerprint density at radius 1 is 1.19 bits per heavy atom. The highest BCUT2D eigenvalue weighted by molar-refractivity contribution is 6.04. The van der Waals surface area contributed by atoms with Crippen molar-refractivity contribution >= 4 is 11.6 Å². The lowest BCUT2D eigenvalue weighted by molar-refractivity contribution is 0.102. The first kappa shape index (κ1) is 12.6. The summed E-state index contributed by atoms with van der Waals surface area (Å²) in [4.78, 5) is 12.2. The second kappa shape index (κ2) is 4.43. The van der Waals surface area contributed by atoms with Gasteiger partial charge in [-0.2, -0.15) is 0 Å². The molecule has 1 spiro atoms. The maximum atomic E-state index is 12.2. The second-order valence-electron chi connectivity index (χ2n) is 6.16. The van der Waals surface area contributed by atoms with Crippen LogP contribution in [0.2, 0.25) is 0 Å². The van der Waals surface area contributed by atoms with Crippen LogP contribution in [0.25, 0.3) is 0 Å². The lowest BCUT2D eigenvalue weighted by Crippen LogP contribution is -2.15. The zero-order chi connectivity index (χ0) is 14.4. The van der Waals surface area contributed by atoms with Gasteiger partial charge in [0.05, 0.1) is 0 Å². The minimum Gasteiger partial charge on any atom is -0.327 e. The number of rotatable bonds is 2. The van der Waals surface area contributed by atoms with Gasteiger partial charge in [0.1, 0.15) is 0 Å². The molecule has 0 aliphatic heterocycles. The topological polar surface area (TPSA) is 55.1 Å². The highest BCUT2D eigenvalue weighted by Gasteiger charge is 2.56. The van der Waals surface area contributed by atoms with Crippen LogP contribution in [-0.4, -0.2) is 11.9 Å². The minimum atomic E-state index is -0.0635. The Labute approximate surface area is 124 Å². The number of benzene rings is 2. The summed E-state index contributed by atoms with van der Waals surface area (Å²) in [5, 5.41) is 2.98. The molecule has 0 heterocycles. The summed E-state index contributed by atoms with van der Waals surface area (Å²) in [6.07, 6.45) is 3.33. The summed E-state index contributed by atoms with van der Waals surface area (Å²) >= 11 is 0. The summed E-state index contributed by atoms with van der Waals surface area (Å²) < 4.78 is 0. The Kier molecular flexibility index (Phi) is 2.66. The van der Waals surface area contributed by atoms with Crippen LogP contribution in [0.1, 0.15) is 34.3 Å². The van der Waals surface area contributed by atoms with Crippen molar-refractivity contribution in [1.29, 1.82) is 0 Å². The standard InChI is InChI=1S/C18H18N2O/c19-16-11-18(16)9-8-13-10-14(6-7-15(13)18)20-17(21)12-4-2-1-3-5-12/h1-7,10,16H,8-9,11,19H2,(H,20,21)/t16-,18-/m0/s1. The van der Waals surface area contributed by atoms with Gasteiger partial charge in [-0.25, -0.2) is 0 Å². The number of amides is 1. The number of nitrogens with one attached hydrogen (secondary N) is 1. The molecule has 4 rings (SSSR count). The lowest BCUT2D eigenvalue weighted by atomic mass is 9.97. The number of carbonyl (C=O) groups excluding carboxylic acids is 1. The molecule has 106 valence electrons. The van der Waals surface area contributed by atoms with Gasteiger partial charge < -0.3 is 11.1 Å². The molecule has 1 fully saturated rings. The third kappa shape index (κ3) is 1.96. The third-order valence-corrected chi connectivity index (χ3v) is 4.91. The van der Waals surface area contributed by atoms with Crippen molar-refractivity contribution in [3.05, 3.63) is 65.2 Å². The van der Waals surface area contributed by atoms with E-state index in [0.717, 1.165) is 24.9 Å².